The van der Waals surface area contributed by atoms with Crippen LogP contribution in [0.3, 0.4) is 0 Å². The quantitative estimate of drug-likeness (QED) is 0.670. The van der Waals surface area contributed by atoms with E-state index in [0.717, 1.165) is 16.8 Å². The van der Waals surface area contributed by atoms with Gasteiger partial charge >= 0.3 is 5.97 Å². The Morgan fingerprint density at radius 3 is 2.17 bits per heavy atom. The Hall–Kier alpha value is -2.88. The van der Waals surface area contributed by atoms with Crippen LogP contribution < -0.4 is 0 Å². The highest BCUT2D eigenvalue weighted by Gasteiger charge is 2.20. The van der Waals surface area contributed by atoms with Gasteiger partial charge in [-0.05, 0) is 25.0 Å². The summed E-state index contributed by atoms with van der Waals surface area (Å²) in [4.78, 5) is 12.4. The van der Waals surface area contributed by atoms with Gasteiger partial charge in [-0.3, -0.25) is 4.68 Å². The second-order valence-corrected chi connectivity index (χ2v) is 5.75. The van der Waals surface area contributed by atoms with E-state index in [1.165, 1.54) is 0 Å². The van der Waals surface area contributed by atoms with Crippen LogP contribution >= 0.6 is 0 Å². The number of ether oxygens (including phenoxy) is 1. The topological polar surface area (TPSA) is 44.1 Å². The van der Waals surface area contributed by atoms with Crippen LogP contribution in [0.1, 0.15) is 32.9 Å². The van der Waals surface area contributed by atoms with E-state index in [2.05, 4.69) is 5.10 Å². The summed E-state index contributed by atoms with van der Waals surface area (Å²) in [6.45, 7) is 4.65. The molecule has 4 heteroatoms. The van der Waals surface area contributed by atoms with Crippen molar-refractivity contribution >= 4 is 5.97 Å². The van der Waals surface area contributed by atoms with Crippen molar-refractivity contribution < 1.29 is 9.53 Å². The van der Waals surface area contributed by atoms with Gasteiger partial charge < -0.3 is 4.74 Å². The molecule has 3 aromatic rings. The third-order valence-electron chi connectivity index (χ3n) is 3.97. The van der Waals surface area contributed by atoms with Gasteiger partial charge in [0, 0.05) is 0 Å². The lowest BCUT2D eigenvalue weighted by atomic mass is 10.2. The van der Waals surface area contributed by atoms with Gasteiger partial charge in [-0.15, -0.1) is 0 Å². The molecular formula is C20H20N2O2. The van der Waals surface area contributed by atoms with Gasteiger partial charge in [0.1, 0.15) is 12.2 Å². The van der Waals surface area contributed by atoms with Crippen LogP contribution in [0.15, 0.2) is 60.7 Å². The van der Waals surface area contributed by atoms with Gasteiger partial charge in [-0.1, -0.05) is 60.7 Å². The molecule has 2 aromatic carbocycles. The molecule has 0 spiro atoms. The van der Waals surface area contributed by atoms with Crippen LogP contribution in [-0.2, 0) is 17.9 Å². The van der Waals surface area contributed by atoms with Crippen molar-refractivity contribution in [3.05, 3.63) is 88.7 Å². The monoisotopic (exact) mass is 320 g/mol. The maximum absolute atomic E-state index is 12.4. The highest BCUT2D eigenvalue weighted by molar-refractivity contribution is 5.91. The van der Waals surface area contributed by atoms with Crippen molar-refractivity contribution in [1.82, 2.24) is 9.78 Å². The molecule has 3 rings (SSSR count). The maximum atomic E-state index is 12.4. The Bertz CT molecular complexity index is 824. The number of hydrogen-bond donors (Lipinski definition) is 0. The fourth-order valence-corrected chi connectivity index (χ4v) is 2.70. The summed E-state index contributed by atoms with van der Waals surface area (Å²) in [5.41, 5.74) is 4.20. The maximum Gasteiger partial charge on any atom is 0.342 e. The lowest BCUT2D eigenvalue weighted by Crippen LogP contribution is -2.09. The van der Waals surface area contributed by atoms with Crippen molar-refractivity contribution in [2.24, 2.45) is 0 Å². The Morgan fingerprint density at radius 2 is 1.54 bits per heavy atom. The Labute approximate surface area is 141 Å². The molecule has 4 nitrogen and oxygen atoms in total. The zero-order chi connectivity index (χ0) is 16.9. The van der Waals surface area contributed by atoms with Crippen molar-refractivity contribution in [1.29, 1.82) is 0 Å². The van der Waals surface area contributed by atoms with Gasteiger partial charge in [-0.25, -0.2) is 4.79 Å². The zero-order valence-electron chi connectivity index (χ0n) is 13.9. The molecule has 1 heterocycles. The number of aromatic nitrogens is 2. The van der Waals surface area contributed by atoms with Crippen LogP contribution in [0.2, 0.25) is 0 Å². The number of nitrogens with zero attached hydrogens (tertiary/aromatic N) is 2. The summed E-state index contributed by atoms with van der Waals surface area (Å²) in [5.74, 6) is -0.326. The summed E-state index contributed by atoms with van der Waals surface area (Å²) < 4.78 is 7.30. The molecule has 1 aromatic heterocycles. The molecule has 0 aliphatic rings. The fourth-order valence-electron chi connectivity index (χ4n) is 2.70. The standard InChI is InChI=1S/C20H20N2O2/c1-15-19(20(23)24-14-18-11-7-4-8-12-18)16(2)22(21-15)13-17-9-5-3-6-10-17/h3-12H,13-14H2,1-2H3. The first kappa shape index (κ1) is 16.0. The van der Waals surface area contributed by atoms with Gasteiger partial charge in [0.05, 0.1) is 17.9 Å². The van der Waals surface area contributed by atoms with E-state index < -0.39 is 0 Å². The molecule has 0 radical (unpaired) electrons. The third kappa shape index (κ3) is 3.54. The molecule has 0 aliphatic carbocycles. The van der Waals surface area contributed by atoms with Crippen molar-refractivity contribution in [3.8, 4) is 0 Å². The van der Waals surface area contributed by atoms with Crippen LogP contribution in [0.5, 0.6) is 0 Å². The van der Waals surface area contributed by atoms with Gasteiger partial charge in [0.15, 0.2) is 0 Å². The molecule has 24 heavy (non-hydrogen) atoms. The first-order valence-electron chi connectivity index (χ1n) is 7.94. The molecule has 0 saturated carbocycles. The van der Waals surface area contributed by atoms with Crippen LogP contribution in [0.25, 0.3) is 0 Å². The third-order valence-corrected chi connectivity index (χ3v) is 3.97. The molecule has 0 atom stereocenters. The summed E-state index contributed by atoms with van der Waals surface area (Å²) >= 11 is 0. The average Bonchev–Trinajstić information content (AvgIpc) is 2.88. The molecule has 0 N–H and O–H groups in total. The van der Waals surface area contributed by atoms with E-state index in [-0.39, 0.29) is 12.6 Å². The summed E-state index contributed by atoms with van der Waals surface area (Å²) in [6, 6.07) is 19.7. The largest absolute Gasteiger partial charge is 0.457 e. The van der Waals surface area contributed by atoms with Gasteiger partial charge in [0.25, 0.3) is 0 Å². The molecule has 0 fully saturated rings. The predicted octanol–water partition coefficient (Wildman–Crippen LogP) is 3.91. The Balaban J connectivity index is 1.74. The first-order chi connectivity index (χ1) is 11.6. The number of hydrogen-bond acceptors (Lipinski definition) is 3. The van der Waals surface area contributed by atoms with Crippen LogP contribution in [0, 0.1) is 13.8 Å². The Morgan fingerprint density at radius 1 is 0.958 bits per heavy atom. The van der Waals surface area contributed by atoms with Crippen LogP contribution in [-0.4, -0.2) is 15.7 Å². The minimum absolute atomic E-state index is 0.266. The Kier molecular flexibility index (Phi) is 4.75. The van der Waals surface area contributed by atoms with E-state index in [9.17, 15) is 4.79 Å². The molecule has 0 saturated heterocycles. The second kappa shape index (κ2) is 7.13. The molecule has 122 valence electrons. The summed E-state index contributed by atoms with van der Waals surface area (Å²) in [7, 11) is 0. The van der Waals surface area contributed by atoms with Crippen LogP contribution in [0.4, 0.5) is 0 Å². The second-order valence-electron chi connectivity index (χ2n) is 5.75. The molecule has 0 bridgehead atoms. The summed E-state index contributed by atoms with van der Waals surface area (Å²) in [6.07, 6.45) is 0. The summed E-state index contributed by atoms with van der Waals surface area (Å²) in [5, 5.41) is 4.50. The highest BCUT2D eigenvalue weighted by Crippen LogP contribution is 2.17. The molecule has 0 amide bonds. The normalized spacial score (nSPS) is 10.6. The number of rotatable bonds is 5. The van der Waals surface area contributed by atoms with Gasteiger partial charge in [-0.2, -0.15) is 5.10 Å². The van der Waals surface area contributed by atoms with Gasteiger partial charge in [0.2, 0.25) is 0 Å². The lowest BCUT2D eigenvalue weighted by molar-refractivity contribution is 0.0471. The SMILES string of the molecule is Cc1nn(Cc2ccccc2)c(C)c1C(=O)OCc1ccccc1. The van der Waals surface area contributed by atoms with E-state index >= 15 is 0 Å². The lowest BCUT2D eigenvalue weighted by Gasteiger charge is -2.07. The number of esters is 1. The number of carbonyl (C=O) groups is 1. The zero-order valence-corrected chi connectivity index (χ0v) is 13.9. The minimum Gasteiger partial charge on any atom is -0.457 e. The number of benzene rings is 2. The van der Waals surface area contributed by atoms with E-state index in [0.29, 0.717) is 17.8 Å². The van der Waals surface area contributed by atoms with E-state index in [4.69, 9.17) is 4.74 Å². The number of aryl methyl sites for hydroxylation is 1. The fraction of sp³-hybridized carbons (Fsp3) is 0.200. The van der Waals surface area contributed by atoms with E-state index in [1.54, 1.807) is 0 Å². The predicted molar refractivity (Wildman–Crippen MR) is 92.8 cm³/mol. The number of carbonyl (C=O) groups excluding carboxylic acids is 1. The first-order valence-corrected chi connectivity index (χ1v) is 7.94. The smallest absolute Gasteiger partial charge is 0.342 e. The molecular weight excluding hydrogens is 300 g/mol. The van der Waals surface area contributed by atoms with Crippen molar-refractivity contribution in [2.75, 3.05) is 0 Å². The molecule has 0 unspecified atom stereocenters. The average molecular weight is 320 g/mol. The highest BCUT2D eigenvalue weighted by atomic mass is 16.5. The van der Waals surface area contributed by atoms with Crippen molar-refractivity contribution in [2.45, 2.75) is 27.0 Å². The molecule has 0 aliphatic heterocycles. The minimum atomic E-state index is -0.326. The van der Waals surface area contributed by atoms with Crippen molar-refractivity contribution in [3.63, 3.8) is 0 Å². The van der Waals surface area contributed by atoms with E-state index in [1.807, 2.05) is 79.2 Å².